The van der Waals surface area contributed by atoms with E-state index in [-0.39, 0.29) is 30.2 Å². The number of hydrogen-bond acceptors (Lipinski definition) is 6. The molecule has 7 nitrogen and oxygen atoms in total. The molecule has 2 heterocycles. The van der Waals surface area contributed by atoms with Crippen molar-refractivity contribution < 1.29 is 23.5 Å². The number of hydrogen-bond donors (Lipinski definition) is 0. The summed E-state index contributed by atoms with van der Waals surface area (Å²) < 4.78 is 24.7. The maximum Gasteiger partial charge on any atom is 0.310 e. The van der Waals surface area contributed by atoms with Gasteiger partial charge in [-0.3, -0.25) is 14.5 Å². The second-order valence-electron chi connectivity index (χ2n) is 8.59. The molecule has 2 aromatic rings. The Balaban J connectivity index is 1.57. The van der Waals surface area contributed by atoms with E-state index in [0.29, 0.717) is 36.6 Å². The van der Waals surface area contributed by atoms with Crippen molar-refractivity contribution in [2.75, 3.05) is 33.4 Å². The quantitative estimate of drug-likeness (QED) is 0.580. The first-order valence-corrected chi connectivity index (χ1v) is 11.7. The molecule has 0 unspecified atom stereocenters. The van der Waals surface area contributed by atoms with Crippen LogP contribution in [0.4, 0.5) is 4.39 Å². The number of esters is 1. The Morgan fingerprint density at radius 2 is 2.00 bits per heavy atom. The Kier molecular flexibility index (Phi) is 7.57. The van der Waals surface area contributed by atoms with Crippen molar-refractivity contribution in [3.05, 3.63) is 65.5 Å². The van der Waals surface area contributed by atoms with Crippen LogP contribution >= 0.6 is 0 Å². The highest BCUT2D eigenvalue weighted by molar-refractivity contribution is 6.05. The van der Waals surface area contributed by atoms with Gasteiger partial charge in [-0.1, -0.05) is 24.3 Å². The molecule has 2 aliphatic rings. The number of amides is 1. The minimum absolute atomic E-state index is 0.129. The summed E-state index contributed by atoms with van der Waals surface area (Å²) in [6, 6.07) is 13.4. The van der Waals surface area contributed by atoms with Crippen molar-refractivity contribution in [1.82, 2.24) is 9.91 Å². The maximum atomic E-state index is 14.0. The summed E-state index contributed by atoms with van der Waals surface area (Å²) in [6.07, 6.45) is 2.02. The highest BCUT2D eigenvalue weighted by atomic mass is 19.1. The summed E-state index contributed by atoms with van der Waals surface area (Å²) in [5, 5.41) is 6.15. The molecule has 0 aliphatic carbocycles. The standard InChI is InChI=1S/C26H30FN3O4/c1-3-34-26(32)19-9-7-13-29(16-19)17-25(31)30-23(18-8-6-10-20(27)14-18)15-22(28-30)21-11-4-5-12-24(21)33-2/h4-6,8,10-12,14,19,23H,3,7,9,13,15-17H2,1-2H3/t19-,23-/m1/s1. The minimum Gasteiger partial charge on any atom is -0.496 e. The van der Waals surface area contributed by atoms with Gasteiger partial charge in [0.15, 0.2) is 0 Å². The fourth-order valence-corrected chi connectivity index (χ4v) is 4.67. The van der Waals surface area contributed by atoms with Gasteiger partial charge in [0.2, 0.25) is 0 Å². The van der Waals surface area contributed by atoms with Crippen LogP contribution in [-0.2, 0) is 14.3 Å². The molecule has 0 N–H and O–H groups in total. The molecule has 0 spiro atoms. The number of hydrazone groups is 1. The third-order valence-corrected chi connectivity index (χ3v) is 6.30. The van der Waals surface area contributed by atoms with E-state index in [1.165, 1.54) is 17.1 Å². The number of piperidine rings is 1. The molecule has 2 aromatic carbocycles. The van der Waals surface area contributed by atoms with E-state index in [1.54, 1.807) is 20.1 Å². The van der Waals surface area contributed by atoms with Crippen LogP contribution in [-0.4, -0.2) is 60.8 Å². The Bertz CT molecular complexity index is 1070. The zero-order chi connectivity index (χ0) is 24.1. The smallest absolute Gasteiger partial charge is 0.310 e. The van der Waals surface area contributed by atoms with Gasteiger partial charge in [0.05, 0.1) is 37.9 Å². The highest BCUT2D eigenvalue weighted by Crippen LogP contribution is 2.35. The van der Waals surface area contributed by atoms with Gasteiger partial charge in [0, 0.05) is 18.5 Å². The van der Waals surface area contributed by atoms with Gasteiger partial charge in [-0.15, -0.1) is 0 Å². The minimum atomic E-state index is -0.422. The van der Waals surface area contributed by atoms with Gasteiger partial charge in [-0.2, -0.15) is 5.10 Å². The molecule has 1 amide bonds. The zero-order valence-electron chi connectivity index (χ0n) is 19.6. The highest BCUT2D eigenvalue weighted by Gasteiger charge is 2.36. The number of carbonyl (C=O) groups excluding carboxylic acids is 2. The number of nitrogens with zero attached hydrogens (tertiary/aromatic N) is 3. The molecule has 4 rings (SSSR count). The molecule has 180 valence electrons. The van der Waals surface area contributed by atoms with Crippen molar-refractivity contribution in [2.45, 2.75) is 32.2 Å². The Hall–Kier alpha value is -3.26. The maximum absolute atomic E-state index is 14.0. The van der Waals surface area contributed by atoms with Gasteiger partial charge in [0.1, 0.15) is 11.6 Å². The third kappa shape index (κ3) is 5.28. The molecule has 0 aromatic heterocycles. The normalized spacial score (nSPS) is 20.7. The number of halogens is 1. The van der Waals surface area contributed by atoms with Crippen LogP contribution in [0.1, 0.15) is 43.4 Å². The summed E-state index contributed by atoms with van der Waals surface area (Å²) in [5.41, 5.74) is 2.20. The molecule has 1 saturated heterocycles. The van der Waals surface area contributed by atoms with E-state index < -0.39 is 6.04 Å². The van der Waals surface area contributed by atoms with Crippen LogP contribution in [0.3, 0.4) is 0 Å². The summed E-state index contributed by atoms with van der Waals surface area (Å²) >= 11 is 0. The van der Waals surface area contributed by atoms with E-state index >= 15 is 0 Å². The van der Waals surface area contributed by atoms with Crippen LogP contribution < -0.4 is 4.74 Å². The SMILES string of the molecule is CCOC(=O)[C@@H]1CCCN(CC(=O)N2N=C(c3ccccc3OC)C[C@@H]2c2cccc(F)c2)C1. The predicted molar refractivity (Wildman–Crippen MR) is 126 cm³/mol. The molecule has 0 radical (unpaired) electrons. The number of para-hydroxylation sites is 1. The van der Waals surface area contributed by atoms with Crippen molar-refractivity contribution in [3.63, 3.8) is 0 Å². The van der Waals surface area contributed by atoms with E-state index in [9.17, 15) is 14.0 Å². The lowest BCUT2D eigenvalue weighted by atomic mass is 9.97. The molecule has 34 heavy (non-hydrogen) atoms. The predicted octanol–water partition coefficient (Wildman–Crippen LogP) is 3.79. The molecular formula is C26H30FN3O4. The van der Waals surface area contributed by atoms with Crippen molar-refractivity contribution in [1.29, 1.82) is 0 Å². The summed E-state index contributed by atoms with van der Waals surface area (Å²) in [7, 11) is 1.59. The largest absolute Gasteiger partial charge is 0.496 e. The zero-order valence-corrected chi connectivity index (χ0v) is 19.6. The van der Waals surface area contributed by atoms with Gasteiger partial charge < -0.3 is 9.47 Å². The van der Waals surface area contributed by atoms with Crippen LogP contribution in [0, 0.1) is 11.7 Å². The Morgan fingerprint density at radius 1 is 1.18 bits per heavy atom. The first-order chi connectivity index (χ1) is 16.5. The third-order valence-electron chi connectivity index (χ3n) is 6.30. The summed E-state index contributed by atoms with van der Waals surface area (Å²) in [4.78, 5) is 27.6. The van der Waals surface area contributed by atoms with Crippen LogP contribution in [0.15, 0.2) is 53.6 Å². The van der Waals surface area contributed by atoms with Crippen LogP contribution in [0.2, 0.25) is 0 Å². The Labute approximate surface area is 199 Å². The fraction of sp³-hybridized carbons (Fsp3) is 0.423. The number of carbonyl (C=O) groups is 2. The number of ether oxygens (including phenoxy) is 2. The Morgan fingerprint density at radius 3 is 2.76 bits per heavy atom. The van der Waals surface area contributed by atoms with Gasteiger partial charge >= 0.3 is 5.97 Å². The number of benzene rings is 2. The van der Waals surface area contributed by atoms with Crippen molar-refractivity contribution in [2.24, 2.45) is 11.0 Å². The van der Waals surface area contributed by atoms with Gasteiger partial charge in [0.25, 0.3) is 5.91 Å². The first-order valence-electron chi connectivity index (χ1n) is 11.7. The molecule has 2 atom stereocenters. The van der Waals surface area contributed by atoms with Crippen molar-refractivity contribution in [3.8, 4) is 5.75 Å². The van der Waals surface area contributed by atoms with Crippen molar-refractivity contribution >= 4 is 17.6 Å². The molecule has 8 heteroatoms. The summed E-state index contributed by atoms with van der Waals surface area (Å²) in [6.45, 7) is 3.47. The molecule has 0 bridgehead atoms. The average molecular weight is 468 g/mol. The lowest BCUT2D eigenvalue weighted by Crippen LogP contribution is -2.44. The molecular weight excluding hydrogens is 437 g/mol. The van der Waals surface area contributed by atoms with E-state index in [4.69, 9.17) is 9.47 Å². The number of methoxy groups -OCH3 is 1. The fourth-order valence-electron chi connectivity index (χ4n) is 4.67. The topological polar surface area (TPSA) is 71.4 Å². The van der Waals surface area contributed by atoms with E-state index in [2.05, 4.69) is 5.10 Å². The first kappa shape index (κ1) is 23.9. The monoisotopic (exact) mass is 467 g/mol. The lowest BCUT2D eigenvalue weighted by Gasteiger charge is -2.32. The molecule has 0 saturated carbocycles. The molecule has 2 aliphatic heterocycles. The lowest BCUT2D eigenvalue weighted by molar-refractivity contribution is -0.150. The second kappa shape index (κ2) is 10.8. The summed E-state index contributed by atoms with van der Waals surface area (Å²) in [5.74, 6) is -0.323. The van der Waals surface area contributed by atoms with E-state index in [0.717, 1.165) is 24.9 Å². The second-order valence-corrected chi connectivity index (χ2v) is 8.59. The van der Waals surface area contributed by atoms with Gasteiger partial charge in [-0.05, 0) is 56.1 Å². The van der Waals surface area contributed by atoms with Crippen LogP contribution in [0.25, 0.3) is 0 Å². The van der Waals surface area contributed by atoms with Gasteiger partial charge in [-0.25, -0.2) is 9.40 Å². The molecule has 1 fully saturated rings. The average Bonchev–Trinajstić information content (AvgIpc) is 3.30. The number of rotatable bonds is 7. The van der Waals surface area contributed by atoms with Crippen LogP contribution in [0.5, 0.6) is 5.75 Å². The number of likely N-dealkylation sites (tertiary alicyclic amines) is 1. The van der Waals surface area contributed by atoms with E-state index in [1.807, 2.05) is 35.2 Å².